The third-order valence-corrected chi connectivity index (χ3v) is 1.06. The van der Waals surface area contributed by atoms with Gasteiger partial charge in [-0.05, 0) is 6.42 Å². The first-order valence-electron chi connectivity index (χ1n) is 2.79. The fraction of sp³-hybridized carbons (Fsp3) is 0.600. The van der Waals surface area contributed by atoms with Gasteiger partial charge < -0.3 is 24.9 Å². The number of aliphatic hydroxyl groups is 1. The first kappa shape index (κ1) is 19.4. The Morgan fingerprint density at radius 3 is 1.92 bits per heavy atom. The van der Waals surface area contributed by atoms with Crippen LogP contribution in [-0.2, 0) is 9.59 Å². The van der Waals surface area contributed by atoms with Gasteiger partial charge in [-0.1, -0.05) is 0 Å². The van der Waals surface area contributed by atoms with Gasteiger partial charge in [-0.25, -0.2) is 0 Å². The Kier molecular flexibility index (Phi) is 12.2. The number of carbonyl (C=O) groups excluding carboxylic acids is 2. The number of nitrogens with two attached hydrogens (primary N) is 1. The van der Waals surface area contributed by atoms with Crippen molar-refractivity contribution >= 4 is 11.9 Å². The predicted molar refractivity (Wildman–Crippen MR) is 28.4 cm³/mol. The van der Waals surface area contributed by atoms with Crippen molar-refractivity contribution in [2.75, 3.05) is 0 Å². The van der Waals surface area contributed by atoms with Gasteiger partial charge in [-0.15, -0.1) is 0 Å². The molecule has 8 heteroatoms. The number of carbonyl (C=O) groups is 2. The summed E-state index contributed by atoms with van der Waals surface area (Å²) in [5.41, 5.74) is 2.13. The Morgan fingerprint density at radius 1 is 1.31 bits per heavy atom. The van der Waals surface area contributed by atoms with Crippen molar-refractivity contribution < 1.29 is 84.0 Å². The number of hydrogen-bond donors (Lipinski definition) is 2. The van der Waals surface area contributed by atoms with E-state index in [0.29, 0.717) is 0 Å². The van der Waals surface area contributed by atoms with Gasteiger partial charge in [0.25, 0.3) is 0 Å². The summed E-state index contributed by atoms with van der Waals surface area (Å²) in [6.07, 6.45) is -1.25. The molecule has 0 aromatic carbocycles. The molecule has 0 fully saturated rings. The van der Waals surface area contributed by atoms with Gasteiger partial charge in [0.15, 0.2) is 5.72 Å². The zero-order valence-corrected chi connectivity index (χ0v) is 11.6. The molecular weight excluding hydrogens is 200 g/mol. The zero-order chi connectivity index (χ0) is 9.07. The minimum absolute atomic E-state index is 0. The van der Waals surface area contributed by atoms with E-state index in [4.69, 9.17) is 10.8 Å². The van der Waals surface area contributed by atoms with Crippen LogP contribution in [0.3, 0.4) is 0 Å². The molecule has 1 atom stereocenters. The van der Waals surface area contributed by atoms with Crippen LogP contribution in [-0.4, -0.2) is 22.8 Å². The number of hydrogen-bond acceptors (Lipinski definition) is 6. The molecular formula is C5H7NNa2O5. The van der Waals surface area contributed by atoms with Gasteiger partial charge in [0, 0.05) is 12.4 Å². The first-order chi connectivity index (χ1) is 4.86. The Morgan fingerprint density at radius 2 is 1.69 bits per heavy atom. The topological polar surface area (TPSA) is 127 Å². The molecule has 0 saturated carbocycles. The van der Waals surface area contributed by atoms with Gasteiger partial charge in [0.1, 0.15) is 0 Å². The maximum atomic E-state index is 9.93. The van der Waals surface area contributed by atoms with E-state index in [9.17, 15) is 19.8 Å². The molecule has 6 nitrogen and oxygen atoms in total. The SMILES string of the molecule is N[C@](O)(CCC(=O)[O-])C(=O)[O-].[Na+].[Na+]. The van der Waals surface area contributed by atoms with E-state index < -0.39 is 30.5 Å². The second kappa shape index (κ2) is 8.19. The fourth-order valence-electron chi connectivity index (χ4n) is 0.395. The molecule has 0 unspecified atom stereocenters. The van der Waals surface area contributed by atoms with Gasteiger partial charge >= 0.3 is 59.1 Å². The van der Waals surface area contributed by atoms with Gasteiger partial charge in [-0.2, -0.15) is 0 Å². The Bertz CT molecular complexity index is 184. The van der Waals surface area contributed by atoms with Crippen LogP contribution in [0.1, 0.15) is 12.8 Å². The Labute approximate surface area is 119 Å². The number of carboxylic acid groups (broad SMARTS) is 2. The van der Waals surface area contributed by atoms with E-state index in [1.54, 1.807) is 0 Å². The molecule has 0 amide bonds. The standard InChI is InChI=1S/C5H9NO5.2Na/c6-5(11,4(9)10)2-1-3(7)8;;/h11H,1-2,6H2,(H,7,8)(H,9,10);;/q;2*+1/p-2/t5-;;/m0../s1. The second-order valence-electron chi connectivity index (χ2n) is 2.08. The van der Waals surface area contributed by atoms with Crippen molar-refractivity contribution in [1.82, 2.24) is 0 Å². The van der Waals surface area contributed by atoms with Crippen molar-refractivity contribution in [2.45, 2.75) is 18.6 Å². The van der Waals surface area contributed by atoms with Crippen molar-refractivity contribution in [3.05, 3.63) is 0 Å². The first-order valence-corrected chi connectivity index (χ1v) is 2.79. The molecule has 0 saturated heterocycles. The van der Waals surface area contributed by atoms with E-state index >= 15 is 0 Å². The molecule has 0 heterocycles. The summed E-state index contributed by atoms with van der Waals surface area (Å²) >= 11 is 0. The maximum absolute atomic E-state index is 9.93. The molecule has 0 rings (SSSR count). The molecule has 0 aliphatic carbocycles. The monoisotopic (exact) mass is 207 g/mol. The molecule has 0 bridgehead atoms. The van der Waals surface area contributed by atoms with Crippen LogP contribution < -0.4 is 75.1 Å². The Balaban J connectivity index is -0.000000500. The molecule has 64 valence electrons. The van der Waals surface area contributed by atoms with Crippen molar-refractivity contribution in [1.29, 1.82) is 0 Å². The van der Waals surface area contributed by atoms with Crippen LogP contribution in [0.15, 0.2) is 0 Å². The quantitative estimate of drug-likeness (QED) is 0.348. The summed E-state index contributed by atoms with van der Waals surface area (Å²) in [7, 11) is 0. The van der Waals surface area contributed by atoms with E-state index in [1.807, 2.05) is 0 Å². The van der Waals surface area contributed by atoms with Gasteiger partial charge in [0.05, 0.1) is 5.97 Å². The third kappa shape index (κ3) is 9.17. The second-order valence-corrected chi connectivity index (χ2v) is 2.08. The molecule has 0 radical (unpaired) electrons. The van der Waals surface area contributed by atoms with E-state index in [1.165, 1.54) is 0 Å². The summed E-state index contributed by atoms with van der Waals surface area (Å²) in [5.74, 6) is -3.38. The predicted octanol–water partition coefficient (Wildman–Crippen LogP) is -10.1. The van der Waals surface area contributed by atoms with Crippen molar-refractivity contribution in [2.24, 2.45) is 5.73 Å². The average molecular weight is 207 g/mol. The van der Waals surface area contributed by atoms with E-state index in [2.05, 4.69) is 0 Å². The molecule has 0 spiro atoms. The average Bonchev–Trinajstić information content (AvgIpc) is 1.84. The van der Waals surface area contributed by atoms with E-state index in [0.717, 1.165) is 0 Å². The van der Waals surface area contributed by atoms with Gasteiger partial charge in [-0.3, -0.25) is 5.73 Å². The number of aliphatic carboxylic acids is 2. The van der Waals surface area contributed by atoms with Crippen molar-refractivity contribution in [3.8, 4) is 0 Å². The molecule has 3 N–H and O–H groups in total. The fourth-order valence-corrected chi connectivity index (χ4v) is 0.395. The number of carboxylic acids is 2. The van der Waals surface area contributed by atoms with Crippen LogP contribution in [0.4, 0.5) is 0 Å². The largest absolute Gasteiger partial charge is 1.00 e. The van der Waals surface area contributed by atoms with Crippen LogP contribution in [0.5, 0.6) is 0 Å². The van der Waals surface area contributed by atoms with Gasteiger partial charge in [0.2, 0.25) is 0 Å². The zero-order valence-electron chi connectivity index (χ0n) is 7.57. The third-order valence-electron chi connectivity index (χ3n) is 1.06. The van der Waals surface area contributed by atoms with Crippen LogP contribution >= 0.6 is 0 Å². The molecule has 0 aromatic rings. The van der Waals surface area contributed by atoms with Crippen LogP contribution in [0.2, 0.25) is 0 Å². The van der Waals surface area contributed by atoms with Crippen LogP contribution in [0.25, 0.3) is 0 Å². The van der Waals surface area contributed by atoms with Crippen LogP contribution in [0, 0.1) is 0 Å². The minimum atomic E-state index is -2.58. The smallest absolute Gasteiger partial charge is 0.550 e. The molecule has 0 aliphatic rings. The summed E-state index contributed by atoms with van der Waals surface area (Å²) in [6, 6.07) is 0. The molecule has 13 heavy (non-hydrogen) atoms. The maximum Gasteiger partial charge on any atom is 1.00 e. The molecule has 0 aromatic heterocycles. The number of rotatable bonds is 4. The van der Waals surface area contributed by atoms with E-state index in [-0.39, 0.29) is 59.1 Å². The molecule has 0 aliphatic heterocycles. The Hall–Kier alpha value is 0.860. The summed E-state index contributed by atoms with van der Waals surface area (Å²) < 4.78 is 0. The van der Waals surface area contributed by atoms with Crippen molar-refractivity contribution in [3.63, 3.8) is 0 Å². The summed E-state index contributed by atoms with van der Waals surface area (Å²) in [5, 5.41) is 28.4. The summed E-state index contributed by atoms with van der Waals surface area (Å²) in [4.78, 5) is 19.7. The minimum Gasteiger partial charge on any atom is -0.550 e. The summed E-state index contributed by atoms with van der Waals surface area (Å²) in [6.45, 7) is 0. The normalized spacial score (nSPS) is 13.1.